The summed E-state index contributed by atoms with van der Waals surface area (Å²) >= 11 is 0. The predicted molar refractivity (Wildman–Crippen MR) is 97.6 cm³/mol. The zero-order valence-corrected chi connectivity index (χ0v) is 15.1. The fourth-order valence-electron chi connectivity index (χ4n) is 3.35. The zero-order valence-electron chi connectivity index (χ0n) is 15.1. The largest absolute Gasteiger partial charge is 0.487 e. The Labute approximate surface area is 149 Å². The van der Waals surface area contributed by atoms with Crippen LogP contribution in [0.15, 0.2) is 36.4 Å². The molecular weight excluding hydrogens is 314 g/mol. The van der Waals surface area contributed by atoms with E-state index >= 15 is 0 Å². The fraction of sp³-hybridized carbons (Fsp3) is 0.500. The van der Waals surface area contributed by atoms with Crippen LogP contribution in [0, 0.1) is 5.92 Å². The Bertz CT molecular complexity index is 696. The van der Waals surface area contributed by atoms with Gasteiger partial charge in [0.1, 0.15) is 23.7 Å². The number of nitrogens with zero attached hydrogens (tertiary/aromatic N) is 3. The highest BCUT2D eigenvalue weighted by atomic mass is 16.5. The quantitative estimate of drug-likeness (QED) is 0.735. The third-order valence-corrected chi connectivity index (χ3v) is 4.80. The van der Waals surface area contributed by atoms with Crippen LogP contribution in [0.5, 0.6) is 5.75 Å². The van der Waals surface area contributed by atoms with Crippen LogP contribution in [0.3, 0.4) is 0 Å². The molecule has 2 heterocycles. The molecule has 1 amide bonds. The lowest BCUT2D eigenvalue weighted by Gasteiger charge is -2.30. The lowest BCUT2D eigenvalue weighted by atomic mass is 9.99. The van der Waals surface area contributed by atoms with E-state index in [-0.39, 0.29) is 5.91 Å². The average molecular weight is 341 g/mol. The summed E-state index contributed by atoms with van der Waals surface area (Å²) in [4.78, 5) is 14.8. The van der Waals surface area contributed by atoms with Crippen molar-refractivity contribution in [3.05, 3.63) is 47.8 Å². The number of carbonyl (C=O) groups excluding carboxylic acids is 1. The summed E-state index contributed by atoms with van der Waals surface area (Å²) in [6.45, 7) is 7.14. The number of hydrogen-bond acceptors (Lipinski definition) is 3. The van der Waals surface area contributed by atoms with Gasteiger partial charge in [0.25, 0.3) is 5.91 Å². The van der Waals surface area contributed by atoms with E-state index in [1.165, 1.54) is 12.8 Å². The Hall–Kier alpha value is -2.30. The van der Waals surface area contributed by atoms with Crippen LogP contribution < -0.4 is 4.74 Å². The maximum Gasteiger partial charge on any atom is 0.272 e. The summed E-state index contributed by atoms with van der Waals surface area (Å²) in [7, 11) is 0. The minimum Gasteiger partial charge on any atom is -0.487 e. The van der Waals surface area contributed by atoms with Crippen molar-refractivity contribution in [3.8, 4) is 5.75 Å². The predicted octanol–water partition coefficient (Wildman–Crippen LogP) is 3.74. The number of carbonyl (C=O) groups is 1. The first-order valence-corrected chi connectivity index (χ1v) is 9.25. The lowest BCUT2D eigenvalue weighted by Crippen LogP contribution is -2.42. The average Bonchev–Trinajstić information content (AvgIpc) is 3.06. The van der Waals surface area contributed by atoms with Gasteiger partial charge < -0.3 is 9.64 Å². The van der Waals surface area contributed by atoms with Gasteiger partial charge >= 0.3 is 0 Å². The maximum absolute atomic E-state index is 12.8. The Morgan fingerprint density at radius 1 is 1.20 bits per heavy atom. The molecule has 0 radical (unpaired) electrons. The summed E-state index contributed by atoms with van der Waals surface area (Å²) in [5, 5.41) is 4.53. The molecule has 1 aromatic carbocycles. The van der Waals surface area contributed by atoms with Crippen molar-refractivity contribution in [1.82, 2.24) is 14.7 Å². The summed E-state index contributed by atoms with van der Waals surface area (Å²) in [6, 6.07) is 11.5. The van der Waals surface area contributed by atoms with Crippen molar-refractivity contribution < 1.29 is 9.53 Å². The minimum absolute atomic E-state index is 0.0965. The van der Waals surface area contributed by atoms with E-state index in [4.69, 9.17) is 4.74 Å². The standard InChI is InChI=1S/C20H27N3O2/c1-3-8-16(4-2)14-22-11-12-23-19(20(22)24)13-17(21-23)15-25-18-9-6-5-7-10-18/h5-7,9-10,13,16H,3-4,8,11-12,14-15H2,1-2H3. The lowest BCUT2D eigenvalue weighted by molar-refractivity contribution is 0.0661. The van der Waals surface area contributed by atoms with Gasteiger partial charge in [0.15, 0.2) is 0 Å². The summed E-state index contributed by atoms with van der Waals surface area (Å²) < 4.78 is 7.57. The highest BCUT2D eigenvalue weighted by Gasteiger charge is 2.27. The number of rotatable bonds is 8. The molecule has 0 saturated carbocycles. The van der Waals surface area contributed by atoms with E-state index in [2.05, 4.69) is 18.9 Å². The van der Waals surface area contributed by atoms with E-state index < -0.39 is 0 Å². The van der Waals surface area contributed by atoms with Crippen LogP contribution in [-0.2, 0) is 13.2 Å². The molecule has 1 aliphatic rings. The van der Waals surface area contributed by atoms with Gasteiger partial charge in [-0.2, -0.15) is 5.10 Å². The smallest absolute Gasteiger partial charge is 0.272 e. The first-order valence-electron chi connectivity index (χ1n) is 9.25. The second-order valence-corrected chi connectivity index (χ2v) is 6.66. The first-order chi connectivity index (χ1) is 12.2. The van der Waals surface area contributed by atoms with Gasteiger partial charge in [-0.25, -0.2) is 0 Å². The van der Waals surface area contributed by atoms with Gasteiger partial charge in [-0.15, -0.1) is 0 Å². The Morgan fingerprint density at radius 3 is 2.72 bits per heavy atom. The molecule has 0 saturated heterocycles. The van der Waals surface area contributed by atoms with Crippen molar-refractivity contribution >= 4 is 5.91 Å². The molecule has 5 nitrogen and oxygen atoms in total. The Kier molecular flexibility index (Phi) is 5.74. The highest BCUT2D eigenvalue weighted by molar-refractivity contribution is 5.93. The third kappa shape index (κ3) is 4.21. The maximum atomic E-state index is 12.8. The molecule has 1 aromatic heterocycles. The van der Waals surface area contributed by atoms with Gasteiger partial charge in [-0.3, -0.25) is 9.48 Å². The molecule has 2 aromatic rings. The number of para-hydroxylation sites is 1. The van der Waals surface area contributed by atoms with Crippen molar-refractivity contribution in [2.75, 3.05) is 13.1 Å². The van der Waals surface area contributed by atoms with Gasteiger partial charge in [0.2, 0.25) is 0 Å². The van der Waals surface area contributed by atoms with E-state index in [0.29, 0.717) is 18.2 Å². The number of ether oxygens (including phenoxy) is 1. The second-order valence-electron chi connectivity index (χ2n) is 6.66. The Morgan fingerprint density at radius 2 is 2.00 bits per heavy atom. The first kappa shape index (κ1) is 17.5. The molecule has 1 atom stereocenters. The Balaban J connectivity index is 1.64. The number of fused-ring (bicyclic) bond motifs is 1. The van der Waals surface area contributed by atoms with Crippen LogP contribution in [0.2, 0.25) is 0 Å². The summed E-state index contributed by atoms with van der Waals surface area (Å²) in [6.07, 6.45) is 3.46. The monoisotopic (exact) mass is 341 g/mol. The van der Waals surface area contributed by atoms with E-state index in [9.17, 15) is 4.79 Å². The molecule has 5 heteroatoms. The van der Waals surface area contributed by atoms with Crippen molar-refractivity contribution in [2.45, 2.75) is 46.3 Å². The third-order valence-electron chi connectivity index (χ3n) is 4.80. The van der Waals surface area contributed by atoms with E-state index in [1.54, 1.807) is 0 Å². The molecular formula is C20H27N3O2. The van der Waals surface area contributed by atoms with Gasteiger partial charge in [0, 0.05) is 13.1 Å². The molecule has 1 unspecified atom stereocenters. The molecule has 3 rings (SSSR count). The zero-order chi connectivity index (χ0) is 17.6. The summed E-state index contributed by atoms with van der Waals surface area (Å²) in [5.74, 6) is 1.50. The molecule has 0 aliphatic carbocycles. The molecule has 0 bridgehead atoms. The van der Waals surface area contributed by atoms with Crippen LogP contribution in [-0.4, -0.2) is 33.7 Å². The number of amides is 1. The number of aromatic nitrogens is 2. The van der Waals surface area contributed by atoms with Crippen LogP contribution in [0.1, 0.15) is 49.3 Å². The highest BCUT2D eigenvalue weighted by Crippen LogP contribution is 2.19. The molecule has 134 valence electrons. The topological polar surface area (TPSA) is 47.4 Å². The van der Waals surface area contributed by atoms with E-state index in [1.807, 2.05) is 46.0 Å². The van der Waals surface area contributed by atoms with Crippen molar-refractivity contribution in [3.63, 3.8) is 0 Å². The fourth-order valence-corrected chi connectivity index (χ4v) is 3.35. The van der Waals surface area contributed by atoms with Crippen LogP contribution in [0.25, 0.3) is 0 Å². The SMILES string of the molecule is CCCC(CC)CN1CCn2nc(COc3ccccc3)cc2C1=O. The van der Waals surface area contributed by atoms with Gasteiger partial charge in [-0.1, -0.05) is 44.9 Å². The molecule has 1 aliphatic heterocycles. The van der Waals surface area contributed by atoms with Gasteiger partial charge in [-0.05, 0) is 30.5 Å². The number of hydrogen-bond donors (Lipinski definition) is 0. The normalized spacial score (nSPS) is 15.1. The van der Waals surface area contributed by atoms with E-state index in [0.717, 1.165) is 37.5 Å². The minimum atomic E-state index is 0.0965. The summed E-state index contributed by atoms with van der Waals surface area (Å²) in [5.41, 5.74) is 1.49. The second kappa shape index (κ2) is 8.19. The molecule has 0 N–H and O–H groups in total. The number of benzene rings is 1. The van der Waals surface area contributed by atoms with Crippen molar-refractivity contribution in [1.29, 1.82) is 0 Å². The van der Waals surface area contributed by atoms with Crippen molar-refractivity contribution in [2.24, 2.45) is 5.92 Å². The molecule has 0 fully saturated rings. The van der Waals surface area contributed by atoms with Gasteiger partial charge in [0.05, 0.1) is 6.54 Å². The molecule has 25 heavy (non-hydrogen) atoms. The molecule has 0 spiro atoms. The van der Waals surface area contributed by atoms with Crippen LogP contribution in [0.4, 0.5) is 0 Å². The van der Waals surface area contributed by atoms with Crippen LogP contribution >= 0.6 is 0 Å².